The first-order valence-electron chi connectivity index (χ1n) is 26.6. The number of nitrogens with one attached hydrogen (secondary N) is 2. The molecular weight excluding hydrogens is 1310 g/mol. The number of hydrogen-bond acceptors (Lipinski definition) is 12. The van der Waals surface area contributed by atoms with Crippen molar-refractivity contribution in [3.05, 3.63) is 99.2 Å². The van der Waals surface area contributed by atoms with Crippen LogP contribution in [0.25, 0.3) is 22.3 Å². The number of aromatic nitrogens is 8. The Bertz CT molecular complexity index is 3220. The Morgan fingerprint density at radius 1 is 0.696 bits per heavy atom. The predicted molar refractivity (Wildman–Crippen MR) is 338 cm³/mol. The molecule has 0 bridgehead atoms. The van der Waals surface area contributed by atoms with Gasteiger partial charge >= 0.3 is 14.6 Å². The molecule has 2 fully saturated rings. The Morgan fingerprint density at radius 3 is 1.49 bits per heavy atom. The Labute approximate surface area is 507 Å². The normalized spacial score (nSPS) is 14.2. The second-order valence-electron chi connectivity index (χ2n) is 20.7. The van der Waals surface area contributed by atoms with Crippen molar-refractivity contribution < 1.29 is 19.4 Å². The highest BCUT2D eigenvalue weighted by Gasteiger charge is 2.37. The molecule has 0 aliphatic heterocycles. The second kappa shape index (κ2) is 30.9. The molecule has 4 heterocycles. The first-order valence-corrected chi connectivity index (χ1v) is 34.0. The number of halogens is 7. The molecule has 0 unspecified atom stereocenters. The molecule has 2 aliphatic rings. The first kappa shape index (κ1) is 66.5. The number of hydrogen-bond donors (Lipinski definition) is 4. The van der Waals surface area contributed by atoms with Gasteiger partial charge < -0.3 is 30.0 Å². The lowest BCUT2D eigenvalue weighted by Crippen LogP contribution is -2.43. The highest BCUT2D eigenvalue weighted by molar-refractivity contribution is 9.69. The van der Waals surface area contributed by atoms with Crippen LogP contribution >= 0.6 is 93.7 Å². The molecule has 0 amide bonds. The number of benzene rings is 2. The number of aromatic hydroxyl groups is 1. The molecule has 79 heavy (non-hydrogen) atoms. The van der Waals surface area contributed by atoms with Gasteiger partial charge in [0.05, 0.1) is 61.9 Å². The summed E-state index contributed by atoms with van der Waals surface area (Å²) in [7, 11) is -0.439. The summed E-state index contributed by atoms with van der Waals surface area (Å²) in [6, 6.07) is 11.0. The Morgan fingerprint density at radius 2 is 1.11 bits per heavy atom. The van der Waals surface area contributed by atoms with Gasteiger partial charge in [0.1, 0.15) is 11.5 Å². The summed E-state index contributed by atoms with van der Waals surface area (Å²) in [5, 5.41) is 27.4. The molecule has 2 saturated carbocycles. The van der Waals surface area contributed by atoms with E-state index in [0.717, 1.165) is 67.1 Å². The van der Waals surface area contributed by atoms with E-state index in [0.29, 0.717) is 59.0 Å². The van der Waals surface area contributed by atoms with Gasteiger partial charge in [-0.25, -0.2) is 9.59 Å². The van der Waals surface area contributed by atoms with Crippen molar-refractivity contribution in [2.75, 3.05) is 36.3 Å². The number of phenolic OH excluding ortho intramolecular Hbond substituents is 1. The maximum Gasteiger partial charge on any atom is 0.369 e. The molecule has 0 radical (unpaired) electrons. The maximum absolute atomic E-state index is 13.8. The standard InChI is InChI=1S/C29H44ClN5O4Si.C22H28ClN5O4.CH2Cl2.BBr3/c1-8-33-26(36)24-25(34(28(33)37)16-17-39-40(6,7)29(2,3)4)32-27(31-21-12-10-9-11-13-21)35(24)19-20-14-15-23(38-5)22(30)18-20;1-2-26-20(31)18-19(27(10-11-29)22(26)32)25-21(24-15-6-4-3-5-7-15)28(18)13-14-8-9-17(30)16(23)12-14;2-1-3;2-1(3)4/h14-15,18,21H,8-13,16-17,19H2,1-7H3,(H,31,32);8-9,12,15,29-30H,2-7,10-11,13H2,1H3,(H,24,25);1H2;. The van der Waals surface area contributed by atoms with E-state index in [-0.39, 0.29) is 86.1 Å². The van der Waals surface area contributed by atoms with Gasteiger partial charge in [-0.2, -0.15) is 9.97 Å². The molecule has 6 aromatic rings. The highest BCUT2D eigenvalue weighted by atomic mass is 79.9. The van der Waals surface area contributed by atoms with Crippen LogP contribution < -0.4 is 37.9 Å². The molecule has 0 spiro atoms. The van der Waals surface area contributed by atoms with E-state index in [4.69, 9.17) is 60.6 Å². The number of nitrogens with zero attached hydrogens (tertiary/aromatic N) is 8. The minimum Gasteiger partial charge on any atom is -0.506 e. The fourth-order valence-corrected chi connectivity index (χ4v) is 11.0. The van der Waals surface area contributed by atoms with Crippen molar-refractivity contribution in [2.45, 2.75) is 168 Å². The third kappa shape index (κ3) is 17.2. The van der Waals surface area contributed by atoms with Crippen LogP contribution in [0.4, 0.5) is 11.9 Å². The summed E-state index contributed by atoms with van der Waals surface area (Å²) in [6.45, 7) is 16.1. The van der Waals surface area contributed by atoms with Crippen LogP contribution in [-0.2, 0) is 43.7 Å². The van der Waals surface area contributed by atoms with Crippen LogP contribution in [0.3, 0.4) is 0 Å². The Kier molecular flexibility index (Phi) is 26.0. The van der Waals surface area contributed by atoms with Crippen molar-refractivity contribution in [1.29, 1.82) is 0 Å². The summed E-state index contributed by atoms with van der Waals surface area (Å²) < 4.78 is 21.1. The van der Waals surface area contributed by atoms with E-state index in [9.17, 15) is 29.4 Å². The Hall–Kier alpha value is -3.26. The zero-order chi connectivity index (χ0) is 58.4. The summed E-state index contributed by atoms with van der Waals surface area (Å²) in [5.74, 6) is 1.67. The van der Waals surface area contributed by atoms with Gasteiger partial charge in [0.2, 0.25) is 11.9 Å². The lowest BCUT2D eigenvalue weighted by molar-refractivity contribution is 0.270. The number of aliphatic hydroxyl groups excluding tert-OH is 1. The van der Waals surface area contributed by atoms with Gasteiger partial charge in [0, 0.05) is 25.2 Å². The number of methoxy groups -OCH3 is 1. The van der Waals surface area contributed by atoms with Crippen LogP contribution in [-0.4, -0.2) is 96.8 Å². The first-order chi connectivity index (χ1) is 37.5. The molecule has 27 heteroatoms. The van der Waals surface area contributed by atoms with Gasteiger partial charge in [-0.15, -0.1) is 70.5 Å². The fourth-order valence-electron chi connectivity index (χ4n) is 9.46. The molecule has 0 atom stereocenters. The lowest BCUT2D eigenvalue weighted by atomic mass is 9.96. The zero-order valence-corrected chi connectivity index (χ0v) is 55.0. The number of fused-ring (bicyclic) bond motifs is 2. The van der Waals surface area contributed by atoms with E-state index in [1.54, 1.807) is 35.3 Å². The largest absolute Gasteiger partial charge is 0.506 e. The molecule has 18 nitrogen and oxygen atoms in total. The van der Waals surface area contributed by atoms with E-state index in [2.05, 4.69) is 96.8 Å². The maximum atomic E-state index is 13.8. The smallest absolute Gasteiger partial charge is 0.369 e. The van der Waals surface area contributed by atoms with Crippen molar-refractivity contribution in [1.82, 2.24) is 37.4 Å². The van der Waals surface area contributed by atoms with Gasteiger partial charge in [-0.1, -0.05) is 94.6 Å². The van der Waals surface area contributed by atoms with Crippen LogP contribution in [0.5, 0.6) is 11.5 Å². The molecule has 2 aliphatic carbocycles. The number of rotatable bonds is 17. The van der Waals surface area contributed by atoms with Gasteiger partial charge in [0.15, 0.2) is 30.6 Å². The minimum absolute atomic E-state index is 0.0171. The average molecular weight is 1390 g/mol. The van der Waals surface area contributed by atoms with Crippen LogP contribution in [0.1, 0.15) is 110 Å². The fraction of sp³-hybridized carbons (Fsp3) is 0.577. The van der Waals surface area contributed by atoms with Gasteiger partial charge in [-0.05, 0) is 93.1 Å². The van der Waals surface area contributed by atoms with Crippen LogP contribution in [0, 0.1) is 0 Å². The van der Waals surface area contributed by atoms with Gasteiger partial charge in [-0.3, -0.25) is 37.0 Å². The van der Waals surface area contributed by atoms with Crippen LogP contribution in [0.15, 0.2) is 55.6 Å². The van der Waals surface area contributed by atoms with Crippen molar-refractivity contribution >= 4 is 139 Å². The third-order valence-electron chi connectivity index (χ3n) is 14.6. The molecule has 2 aromatic carbocycles. The van der Waals surface area contributed by atoms with Crippen molar-refractivity contribution in [2.24, 2.45) is 0 Å². The average Bonchev–Trinajstić information content (AvgIpc) is 4.19. The van der Waals surface area contributed by atoms with E-state index >= 15 is 0 Å². The zero-order valence-electron chi connectivity index (χ0n) is 46.2. The molecule has 0 saturated heterocycles. The van der Waals surface area contributed by atoms with Crippen molar-refractivity contribution in [3.8, 4) is 11.5 Å². The van der Waals surface area contributed by atoms with E-state index in [1.165, 1.54) is 28.0 Å². The Balaban J connectivity index is 0.000000265. The van der Waals surface area contributed by atoms with Crippen molar-refractivity contribution in [3.63, 3.8) is 0 Å². The molecule has 4 aromatic heterocycles. The molecular formula is C52H74BBr3Cl4N10O8Si. The molecule has 4 N–H and O–H groups in total. The number of imidazole rings is 2. The number of phenols is 1. The monoisotopic (exact) mass is 1380 g/mol. The van der Waals surface area contributed by atoms with E-state index < -0.39 is 19.6 Å². The summed E-state index contributed by atoms with van der Waals surface area (Å²) in [6.07, 6.45) is 11.1. The second-order valence-corrected chi connectivity index (χ2v) is 33.6. The topological polar surface area (TPSA) is 207 Å². The molecule has 436 valence electrons. The summed E-state index contributed by atoms with van der Waals surface area (Å²) >= 11 is 31.4. The quantitative estimate of drug-likeness (QED) is 0.0497. The lowest BCUT2D eigenvalue weighted by Gasteiger charge is -2.36. The number of anilines is 2. The number of ether oxygens (including phenoxy) is 1. The third-order valence-corrected chi connectivity index (χ3v) is 19.7. The summed E-state index contributed by atoms with van der Waals surface area (Å²) in [4.78, 5) is 63.1. The summed E-state index contributed by atoms with van der Waals surface area (Å²) in [5.41, 5.74) is 1.41. The number of aliphatic hydroxyl groups is 1. The minimum atomic E-state index is -2.02. The van der Waals surface area contributed by atoms with Gasteiger partial charge in [0.25, 0.3) is 11.1 Å². The number of alkyl halides is 2. The molecule has 8 rings (SSSR count). The van der Waals surface area contributed by atoms with Crippen LogP contribution in [0.2, 0.25) is 28.2 Å². The predicted octanol–water partition coefficient (Wildman–Crippen LogP) is 12.0. The SMILES string of the molecule is BrB(Br)Br.CCn1c(=O)c2c(nc(NC3CCCCC3)n2Cc2ccc(O)c(Cl)c2)n(CCO)c1=O.CCn1c(=O)c2c(nc(NC3CCCCC3)n2Cc2ccc(OC)c(Cl)c2)n(CCO[Si](C)(C)C(C)(C)C)c1=O.ClCCl. The highest BCUT2D eigenvalue weighted by Crippen LogP contribution is 2.37. The van der Waals surface area contributed by atoms with E-state index in [1.807, 2.05) is 29.7 Å².